The SMILES string of the molecule is CCCCCCC(S)CC=O. The molecule has 0 aliphatic rings. The molecule has 0 aliphatic heterocycles. The van der Waals surface area contributed by atoms with E-state index in [1.807, 2.05) is 0 Å². The summed E-state index contributed by atoms with van der Waals surface area (Å²) >= 11 is 4.28. The molecule has 2 heteroatoms. The van der Waals surface area contributed by atoms with Gasteiger partial charge in [-0.25, -0.2) is 0 Å². The number of thiol groups is 1. The highest BCUT2D eigenvalue weighted by atomic mass is 32.1. The molecule has 0 spiro atoms. The van der Waals surface area contributed by atoms with Crippen LogP contribution in [0.15, 0.2) is 0 Å². The molecule has 0 aromatic rings. The van der Waals surface area contributed by atoms with Gasteiger partial charge in [-0.1, -0.05) is 32.6 Å². The number of hydrogen-bond donors (Lipinski definition) is 1. The average Bonchev–Trinajstić information content (AvgIpc) is 1.99. The molecule has 1 unspecified atom stereocenters. The summed E-state index contributed by atoms with van der Waals surface area (Å²) in [6.45, 7) is 2.20. The number of hydrogen-bond acceptors (Lipinski definition) is 2. The topological polar surface area (TPSA) is 17.1 Å². The molecule has 0 amide bonds. The van der Waals surface area contributed by atoms with Crippen molar-refractivity contribution in [2.75, 3.05) is 0 Å². The van der Waals surface area contributed by atoms with Crippen LogP contribution in [0.1, 0.15) is 45.4 Å². The molecule has 0 saturated carbocycles. The number of carbonyl (C=O) groups is 1. The first-order chi connectivity index (χ1) is 5.31. The van der Waals surface area contributed by atoms with E-state index in [1.54, 1.807) is 0 Å². The van der Waals surface area contributed by atoms with E-state index >= 15 is 0 Å². The minimum atomic E-state index is 0.296. The van der Waals surface area contributed by atoms with Crippen molar-refractivity contribution in [2.24, 2.45) is 0 Å². The summed E-state index contributed by atoms with van der Waals surface area (Å²) in [4.78, 5) is 10.1. The second-order valence-electron chi connectivity index (χ2n) is 2.91. The standard InChI is InChI=1S/C9H18OS/c1-2-3-4-5-6-9(11)7-8-10/h8-9,11H,2-7H2,1H3. The highest BCUT2D eigenvalue weighted by Crippen LogP contribution is 2.11. The molecule has 1 nitrogen and oxygen atoms in total. The van der Waals surface area contributed by atoms with Gasteiger partial charge in [0, 0.05) is 11.7 Å². The summed E-state index contributed by atoms with van der Waals surface area (Å²) < 4.78 is 0. The third-order valence-corrected chi connectivity index (χ3v) is 2.23. The fourth-order valence-corrected chi connectivity index (χ4v) is 1.30. The number of carbonyl (C=O) groups excluding carboxylic acids is 1. The monoisotopic (exact) mass is 174 g/mol. The Morgan fingerprint density at radius 3 is 2.64 bits per heavy atom. The van der Waals surface area contributed by atoms with Gasteiger partial charge in [0.2, 0.25) is 0 Å². The van der Waals surface area contributed by atoms with E-state index in [2.05, 4.69) is 19.6 Å². The smallest absolute Gasteiger partial charge is 0.121 e. The minimum absolute atomic E-state index is 0.296. The lowest BCUT2D eigenvalue weighted by Crippen LogP contribution is -1.98. The van der Waals surface area contributed by atoms with E-state index in [4.69, 9.17) is 0 Å². The zero-order chi connectivity index (χ0) is 8.53. The lowest BCUT2D eigenvalue weighted by molar-refractivity contribution is -0.107. The van der Waals surface area contributed by atoms with Crippen molar-refractivity contribution >= 4 is 18.9 Å². The third kappa shape index (κ3) is 7.92. The summed E-state index contributed by atoms with van der Waals surface area (Å²) in [5.74, 6) is 0. The van der Waals surface area contributed by atoms with Crippen molar-refractivity contribution in [1.29, 1.82) is 0 Å². The first kappa shape index (κ1) is 11.0. The molecule has 11 heavy (non-hydrogen) atoms. The van der Waals surface area contributed by atoms with E-state index in [0.717, 1.165) is 12.7 Å². The largest absolute Gasteiger partial charge is 0.303 e. The molecule has 1 atom stereocenters. The summed E-state index contributed by atoms with van der Waals surface area (Å²) in [5, 5.41) is 0.296. The van der Waals surface area contributed by atoms with Crippen LogP contribution in [0.3, 0.4) is 0 Å². The predicted molar refractivity (Wildman–Crippen MR) is 52.2 cm³/mol. The Labute approximate surface area is 75.0 Å². The Morgan fingerprint density at radius 2 is 2.09 bits per heavy atom. The van der Waals surface area contributed by atoms with Crippen LogP contribution in [0.2, 0.25) is 0 Å². The van der Waals surface area contributed by atoms with Crippen molar-refractivity contribution in [3.8, 4) is 0 Å². The van der Waals surface area contributed by atoms with Crippen LogP contribution < -0.4 is 0 Å². The molecule has 0 aliphatic carbocycles. The van der Waals surface area contributed by atoms with Crippen LogP contribution in [0.4, 0.5) is 0 Å². The zero-order valence-corrected chi connectivity index (χ0v) is 8.15. The van der Waals surface area contributed by atoms with Gasteiger partial charge in [-0.2, -0.15) is 12.6 Å². The minimum Gasteiger partial charge on any atom is -0.303 e. The first-order valence-electron chi connectivity index (χ1n) is 4.43. The van der Waals surface area contributed by atoms with Gasteiger partial charge in [-0.15, -0.1) is 0 Å². The van der Waals surface area contributed by atoms with Crippen molar-refractivity contribution < 1.29 is 4.79 Å². The summed E-state index contributed by atoms with van der Waals surface area (Å²) in [5.41, 5.74) is 0. The molecule has 66 valence electrons. The zero-order valence-electron chi connectivity index (χ0n) is 7.25. The fraction of sp³-hybridized carbons (Fsp3) is 0.889. The molecule has 0 bridgehead atoms. The molecular formula is C9H18OS. The molecule has 0 saturated heterocycles. The van der Waals surface area contributed by atoms with Crippen LogP contribution in [0.5, 0.6) is 0 Å². The molecule has 0 aromatic heterocycles. The fourth-order valence-electron chi connectivity index (χ4n) is 1.04. The van der Waals surface area contributed by atoms with Crippen molar-refractivity contribution in [3.05, 3.63) is 0 Å². The van der Waals surface area contributed by atoms with Crippen LogP contribution in [0.25, 0.3) is 0 Å². The van der Waals surface area contributed by atoms with E-state index in [1.165, 1.54) is 25.7 Å². The lowest BCUT2D eigenvalue weighted by atomic mass is 10.1. The van der Waals surface area contributed by atoms with Crippen LogP contribution in [-0.4, -0.2) is 11.5 Å². The Morgan fingerprint density at radius 1 is 1.36 bits per heavy atom. The Hall–Kier alpha value is 0.0200. The van der Waals surface area contributed by atoms with Gasteiger partial charge < -0.3 is 4.79 Å². The number of aldehydes is 1. The van der Waals surface area contributed by atoms with E-state index in [0.29, 0.717) is 11.7 Å². The van der Waals surface area contributed by atoms with Gasteiger partial charge in [0.15, 0.2) is 0 Å². The van der Waals surface area contributed by atoms with Gasteiger partial charge in [0.25, 0.3) is 0 Å². The quantitative estimate of drug-likeness (QED) is 0.357. The lowest BCUT2D eigenvalue weighted by Gasteiger charge is -2.04. The number of unbranched alkanes of at least 4 members (excludes halogenated alkanes) is 3. The predicted octanol–water partition coefficient (Wildman–Crippen LogP) is 2.84. The van der Waals surface area contributed by atoms with Crippen LogP contribution >= 0.6 is 12.6 Å². The first-order valence-corrected chi connectivity index (χ1v) is 4.94. The van der Waals surface area contributed by atoms with Gasteiger partial charge >= 0.3 is 0 Å². The molecule has 0 N–H and O–H groups in total. The molecule has 0 radical (unpaired) electrons. The van der Waals surface area contributed by atoms with Crippen molar-refractivity contribution in [3.63, 3.8) is 0 Å². The Bertz CT molecular complexity index is 93.6. The third-order valence-electron chi connectivity index (χ3n) is 1.76. The van der Waals surface area contributed by atoms with Crippen LogP contribution in [0, 0.1) is 0 Å². The summed E-state index contributed by atoms with van der Waals surface area (Å²) in [6.07, 6.45) is 7.73. The van der Waals surface area contributed by atoms with Crippen molar-refractivity contribution in [2.45, 2.75) is 50.7 Å². The van der Waals surface area contributed by atoms with Crippen molar-refractivity contribution in [1.82, 2.24) is 0 Å². The maximum atomic E-state index is 10.1. The maximum Gasteiger partial charge on any atom is 0.121 e. The molecule has 0 heterocycles. The number of rotatable bonds is 7. The summed E-state index contributed by atoms with van der Waals surface area (Å²) in [7, 11) is 0. The summed E-state index contributed by atoms with van der Waals surface area (Å²) in [6, 6.07) is 0. The molecular weight excluding hydrogens is 156 g/mol. The van der Waals surface area contributed by atoms with Gasteiger partial charge in [0.1, 0.15) is 6.29 Å². The maximum absolute atomic E-state index is 10.1. The van der Waals surface area contributed by atoms with Gasteiger partial charge in [0.05, 0.1) is 0 Å². The normalized spacial score (nSPS) is 12.9. The highest BCUT2D eigenvalue weighted by Gasteiger charge is 2.00. The molecule has 0 fully saturated rings. The second kappa shape index (κ2) is 8.12. The molecule has 0 rings (SSSR count). The molecule has 0 aromatic carbocycles. The van der Waals surface area contributed by atoms with Crippen LogP contribution in [-0.2, 0) is 4.79 Å². The van der Waals surface area contributed by atoms with E-state index in [9.17, 15) is 4.79 Å². The van der Waals surface area contributed by atoms with Gasteiger partial charge in [-0.05, 0) is 6.42 Å². The van der Waals surface area contributed by atoms with E-state index in [-0.39, 0.29) is 0 Å². The highest BCUT2D eigenvalue weighted by molar-refractivity contribution is 7.81. The van der Waals surface area contributed by atoms with Gasteiger partial charge in [-0.3, -0.25) is 0 Å². The average molecular weight is 174 g/mol. The second-order valence-corrected chi connectivity index (χ2v) is 3.64. The Balaban J connectivity index is 3.03. The Kier molecular flexibility index (Phi) is 8.13. The van der Waals surface area contributed by atoms with E-state index < -0.39 is 0 Å².